The molecule has 8 heteroatoms. The largest absolute Gasteiger partial charge is 0.494 e. The molecule has 9 aliphatic rings. The fraction of sp³-hybridized carbons (Fsp3) is 0.457. The van der Waals surface area contributed by atoms with Gasteiger partial charge in [-0.15, -0.1) is 0 Å². The first-order chi connectivity index (χ1) is 38.0. The summed E-state index contributed by atoms with van der Waals surface area (Å²) in [5.41, 5.74) is 19.7. The van der Waals surface area contributed by atoms with E-state index in [4.69, 9.17) is 24.7 Å². The summed E-state index contributed by atoms with van der Waals surface area (Å²) in [5, 5.41) is 0. The second-order valence-corrected chi connectivity index (χ2v) is 25.1. The lowest BCUT2D eigenvalue weighted by atomic mass is 9.54. The van der Waals surface area contributed by atoms with Crippen molar-refractivity contribution in [3.05, 3.63) is 148 Å². The zero-order valence-electron chi connectivity index (χ0n) is 46.7. The maximum atomic E-state index is 11.7. The van der Waals surface area contributed by atoms with Crippen LogP contribution >= 0.6 is 0 Å². The molecule has 2 spiro atoms. The van der Waals surface area contributed by atoms with Gasteiger partial charge in [-0.1, -0.05) is 120 Å². The van der Waals surface area contributed by atoms with Crippen LogP contribution in [-0.2, 0) is 20.4 Å². The van der Waals surface area contributed by atoms with Crippen LogP contribution in [0.2, 0.25) is 0 Å². The number of unbranched alkanes of at least 4 members (excludes halogenated alkanes) is 6. The molecule has 8 nitrogen and oxygen atoms in total. The summed E-state index contributed by atoms with van der Waals surface area (Å²) >= 11 is 0. The van der Waals surface area contributed by atoms with Crippen molar-refractivity contribution < 1.29 is 14.3 Å². The van der Waals surface area contributed by atoms with E-state index in [-0.39, 0.29) is 33.5 Å². The van der Waals surface area contributed by atoms with Crippen LogP contribution in [0.15, 0.2) is 129 Å². The van der Waals surface area contributed by atoms with Gasteiger partial charge in [-0.2, -0.15) is 0 Å². The average Bonchev–Trinajstić information content (AvgIpc) is 2.07. The molecule has 3 heterocycles. The number of aryl methyl sites for hydroxylation is 1. The Bertz CT molecular complexity index is 3420. The van der Waals surface area contributed by atoms with Crippen molar-refractivity contribution in [1.29, 1.82) is 0 Å². The Hall–Kier alpha value is -6.54. The average molecular weight is 1030 g/mol. The number of amides is 2. The molecule has 5 aromatic carbocycles. The SMILES string of the molecule is CCC12CCC(CC)(CC1)C21c2cc(C)ccc2-c2cc3c(cc21)-c1ccc(-c2ccc(C4=NC5=NC(c6ccc(OCCCCCCCCCN7C(=O)C=CC7=O)cc6)=NC5=N4)cc2)cc1C31C2(CC)CCC1(CC)CC2. The van der Waals surface area contributed by atoms with Crippen LogP contribution in [0, 0.1) is 28.6 Å². The third-order valence-corrected chi connectivity index (χ3v) is 22.6. The number of ether oxygens (including phenoxy) is 1. The zero-order chi connectivity index (χ0) is 53.2. The van der Waals surface area contributed by atoms with Gasteiger partial charge in [0.05, 0.1) is 6.61 Å². The maximum Gasteiger partial charge on any atom is 0.253 e. The van der Waals surface area contributed by atoms with Crippen molar-refractivity contribution in [2.24, 2.45) is 41.6 Å². The molecule has 398 valence electrons. The molecular formula is C70H75N5O3. The molecule has 0 saturated heterocycles. The van der Waals surface area contributed by atoms with Gasteiger partial charge in [-0.25, -0.2) is 20.0 Å². The van der Waals surface area contributed by atoms with Crippen LogP contribution in [0.25, 0.3) is 33.4 Å². The minimum atomic E-state index is -0.189. The van der Waals surface area contributed by atoms with Gasteiger partial charge in [0, 0.05) is 40.7 Å². The molecular weight excluding hydrogens is 959 g/mol. The molecule has 0 radical (unpaired) electrons. The van der Waals surface area contributed by atoms with Crippen molar-refractivity contribution >= 4 is 35.2 Å². The van der Waals surface area contributed by atoms with E-state index in [0.717, 1.165) is 61.8 Å². The van der Waals surface area contributed by atoms with Gasteiger partial charge in [0.1, 0.15) is 5.75 Å². The Labute approximate surface area is 461 Å². The lowest BCUT2D eigenvalue weighted by Gasteiger charge is -2.48. The Kier molecular flexibility index (Phi) is 11.6. The third kappa shape index (κ3) is 6.64. The lowest BCUT2D eigenvalue weighted by Crippen LogP contribution is -2.45. The number of benzene rings is 5. The van der Waals surface area contributed by atoms with E-state index in [1.807, 2.05) is 24.3 Å². The summed E-state index contributed by atoms with van der Waals surface area (Å²) in [5.74, 6) is 2.86. The summed E-state index contributed by atoms with van der Waals surface area (Å²) in [7, 11) is 0. The van der Waals surface area contributed by atoms with Crippen molar-refractivity contribution in [1.82, 2.24) is 4.90 Å². The molecule has 0 N–H and O–H groups in total. The van der Waals surface area contributed by atoms with Crippen molar-refractivity contribution in [3.8, 4) is 39.1 Å². The Morgan fingerprint density at radius 1 is 0.423 bits per heavy atom. The van der Waals surface area contributed by atoms with E-state index in [2.05, 4.69) is 107 Å². The van der Waals surface area contributed by atoms with E-state index >= 15 is 0 Å². The predicted octanol–water partition coefficient (Wildman–Crippen LogP) is 16.0. The van der Waals surface area contributed by atoms with Gasteiger partial charge in [0.25, 0.3) is 11.8 Å². The molecule has 14 rings (SSSR count). The van der Waals surface area contributed by atoms with Gasteiger partial charge in [-0.05, 0) is 217 Å². The zero-order valence-corrected chi connectivity index (χ0v) is 46.7. The molecule has 6 aliphatic carbocycles. The molecule has 0 unspecified atom stereocenters. The number of imide groups is 1. The monoisotopic (exact) mass is 1030 g/mol. The maximum absolute atomic E-state index is 11.7. The molecule has 4 fully saturated rings. The first kappa shape index (κ1) is 49.7. The lowest BCUT2D eigenvalue weighted by molar-refractivity contribution is -0.136. The number of carbonyl (C=O) groups excluding carboxylic acids is 2. The fourth-order valence-corrected chi connectivity index (χ4v) is 18.8. The van der Waals surface area contributed by atoms with Gasteiger partial charge in [0.15, 0.2) is 11.7 Å². The second kappa shape index (κ2) is 18.3. The summed E-state index contributed by atoms with van der Waals surface area (Å²) in [6.07, 6.45) is 25.7. The van der Waals surface area contributed by atoms with Gasteiger partial charge < -0.3 is 4.74 Å². The number of amidine groups is 4. The van der Waals surface area contributed by atoms with Gasteiger partial charge in [-0.3, -0.25) is 14.5 Å². The normalized spacial score (nSPS) is 28.9. The van der Waals surface area contributed by atoms with Crippen LogP contribution < -0.4 is 4.74 Å². The number of rotatable bonds is 18. The van der Waals surface area contributed by atoms with E-state index in [9.17, 15) is 9.59 Å². The minimum Gasteiger partial charge on any atom is -0.494 e. The van der Waals surface area contributed by atoms with E-state index < -0.39 is 0 Å². The number of aliphatic imine (C=N–C) groups is 4. The molecule has 4 saturated carbocycles. The Morgan fingerprint density at radius 3 is 1.32 bits per heavy atom. The second-order valence-electron chi connectivity index (χ2n) is 25.1. The first-order valence-corrected chi connectivity index (χ1v) is 30.2. The predicted molar refractivity (Wildman–Crippen MR) is 315 cm³/mol. The third-order valence-electron chi connectivity index (χ3n) is 22.6. The molecule has 5 aromatic rings. The number of hydrogen-bond acceptors (Lipinski definition) is 7. The quantitative estimate of drug-likeness (QED) is 0.0646. The molecule has 4 bridgehead atoms. The highest BCUT2D eigenvalue weighted by Crippen LogP contribution is 2.84. The molecule has 2 amide bonds. The van der Waals surface area contributed by atoms with Crippen LogP contribution in [-0.4, -0.2) is 53.2 Å². The molecule has 3 aliphatic heterocycles. The number of hydrogen-bond donors (Lipinski definition) is 0. The van der Waals surface area contributed by atoms with Gasteiger partial charge >= 0.3 is 0 Å². The number of nitrogens with zero attached hydrogens (tertiary/aromatic N) is 5. The summed E-state index contributed by atoms with van der Waals surface area (Å²) in [4.78, 5) is 44.2. The topological polar surface area (TPSA) is 96.1 Å². The van der Waals surface area contributed by atoms with Crippen molar-refractivity contribution in [3.63, 3.8) is 0 Å². The fourth-order valence-electron chi connectivity index (χ4n) is 18.8. The highest BCUT2D eigenvalue weighted by Gasteiger charge is 2.76. The molecule has 78 heavy (non-hydrogen) atoms. The van der Waals surface area contributed by atoms with Gasteiger partial charge in [0.2, 0.25) is 11.7 Å². The smallest absolute Gasteiger partial charge is 0.253 e. The number of carbonyl (C=O) groups is 2. The molecule has 0 aromatic heterocycles. The van der Waals surface area contributed by atoms with Crippen LogP contribution in [0.1, 0.15) is 189 Å². The minimum absolute atomic E-state index is 0.0210. The van der Waals surface area contributed by atoms with Crippen LogP contribution in [0.5, 0.6) is 5.75 Å². The summed E-state index contributed by atoms with van der Waals surface area (Å²) < 4.78 is 6.07. The Balaban J connectivity index is 0.690. The van der Waals surface area contributed by atoms with E-state index in [0.29, 0.717) is 47.3 Å². The first-order valence-electron chi connectivity index (χ1n) is 30.2. The van der Waals surface area contributed by atoms with Crippen LogP contribution in [0.4, 0.5) is 0 Å². The van der Waals surface area contributed by atoms with Crippen LogP contribution in [0.3, 0.4) is 0 Å². The highest BCUT2D eigenvalue weighted by atomic mass is 16.5. The van der Waals surface area contributed by atoms with E-state index in [1.54, 1.807) is 33.4 Å². The molecule has 0 atom stereocenters. The van der Waals surface area contributed by atoms with Crippen molar-refractivity contribution in [2.75, 3.05) is 13.2 Å². The van der Waals surface area contributed by atoms with E-state index in [1.165, 1.54) is 122 Å². The highest BCUT2D eigenvalue weighted by molar-refractivity contribution is 6.53. The number of fused-ring (bicyclic) bond motifs is 7. The summed E-state index contributed by atoms with van der Waals surface area (Å²) in [6.45, 7) is 13.6. The Morgan fingerprint density at radius 2 is 0.821 bits per heavy atom. The standard InChI is InChI=1S/C70H75N5O3/c1-6-65-31-33-66(7-2,34-32-65)69(65)55-41-45(5)17-27-51(55)53-43-58-54(44-57(53)69)52-28-24-49(42-56(52)70(58)67(8-3)35-37-68(70,9-4)38-36-67)46-18-20-47(21-19-46)61-71-63-64(72-61)74-62(73-63)48-22-25-50(26-23-48)78-40-16-14-12-10-11-13-15-39-75-59(76)29-30-60(75)77/h17-30,41-44H,6-16,31-40H2,1-5H3. The summed E-state index contributed by atoms with van der Waals surface area (Å²) in [6, 6.07) is 37.8. The van der Waals surface area contributed by atoms with Crippen molar-refractivity contribution in [2.45, 2.75) is 167 Å².